The molecule has 0 fully saturated rings. The first-order chi connectivity index (χ1) is 5.00. The Morgan fingerprint density at radius 3 is 2.44 bits per heavy atom. The summed E-state index contributed by atoms with van der Waals surface area (Å²) in [6.07, 6.45) is 0. The van der Waals surface area contributed by atoms with Crippen LogP contribution in [0.25, 0.3) is 0 Å². The molecule has 0 spiro atoms. The van der Waals surface area contributed by atoms with Crippen LogP contribution in [0.3, 0.4) is 0 Å². The Kier molecular flexibility index (Phi) is 1.18. The summed E-state index contributed by atoms with van der Waals surface area (Å²) in [6.45, 7) is -0.842. The number of hydrogen-bond donors (Lipinski definition) is 0. The summed E-state index contributed by atoms with van der Waals surface area (Å²) in [4.78, 5) is 0. The zero-order valence-electron chi connectivity index (χ0n) is 7.19. The largest absolute Gasteiger partial charge is 0.246 e. The van der Waals surface area contributed by atoms with Gasteiger partial charge in [0.25, 0.3) is 0 Å². The van der Waals surface area contributed by atoms with Crippen molar-refractivity contribution in [3.05, 3.63) is 35.4 Å². The van der Waals surface area contributed by atoms with Gasteiger partial charge < -0.3 is 0 Å². The molecular weight excluding hydrogens is 115 g/mol. The maximum Gasteiger partial charge on any atom is 0.115 e. The van der Waals surface area contributed by atoms with Crippen LogP contribution in [0.4, 0.5) is 4.39 Å². The fourth-order valence-corrected chi connectivity index (χ4v) is 0.617. The van der Waals surface area contributed by atoms with E-state index in [4.69, 9.17) is 2.74 Å². The molecule has 0 nitrogen and oxygen atoms in total. The molecule has 1 aromatic rings. The standard InChI is InChI=1S/C8H9F/c1-7-2-4-8(6-9)5-3-7/h2-5H,6H2,1H3/i6D2. The lowest BCUT2D eigenvalue weighted by Crippen LogP contribution is -1.76. The van der Waals surface area contributed by atoms with Crippen LogP contribution in [-0.2, 0) is 6.63 Å². The zero-order valence-corrected chi connectivity index (χ0v) is 5.19. The zero-order chi connectivity index (χ0) is 8.48. The second kappa shape index (κ2) is 2.62. The third kappa shape index (κ3) is 1.53. The normalized spacial score (nSPS) is 14.4. The van der Waals surface area contributed by atoms with E-state index < -0.39 is 6.63 Å². The molecule has 0 aliphatic heterocycles. The van der Waals surface area contributed by atoms with Crippen LogP contribution in [0.5, 0.6) is 0 Å². The minimum atomic E-state index is -2.71. The summed E-state index contributed by atoms with van der Waals surface area (Å²) in [5.74, 6) is 0. The molecule has 0 aromatic heterocycles. The molecule has 0 saturated heterocycles. The number of halogens is 1. The van der Waals surface area contributed by atoms with E-state index in [9.17, 15) is 4.39 Å². The first-order valence-electron chi connectivity index (χ1n) is 3.76. The second-order valence-corrected chi connectivity index (χ2v) is 1.96. The molecule has 0 aliphatic rings. The maximum atomic E-state index is 12.6. The highest BCUT2D eigenvalue weighted by molar-refractivity contribution is 5.20. The average molecular weight is 126 g/mol. The molecule has 0 heterocycles. The van der Waals surface area contributed by atoms with Crippen molar-refractivity contribution < 1.29 is 7.13 Å². The summed E-state index contributed by atoms with van der Waals surface area (Å²) in [6, 6.07) is 6.28. The van der Waals surface area contributed by atoms with Crippen LogP contribution in [0.1, 0.15) is 13.9 Å². The van der Waals surface area contributed by atoms with E-state index in [1.165, 1.54) is 12.1 Å². The smallest absolute Gasteiger partial charge is 0.115 e. The molecule has 0 atom stereocenters. The first-order valence-corrected chi connectivity index (χ1v) is 2.76. The number of aryl methyl sites for hydroxylation is 1. The van der Waals surface area contributed by atoms with Gasteiger partial charge in [-0.3, -0.25) is 0 Å². The van der Waals surface area contributed by atoms with Gasteiger partial charge in [-0.05, 0) is 12.5 Å². The van der Waals surface area contributed by atoms with Crippen molar-refractivity contribution >= 4 is 0 Å². The highest BCUT2D eigenvalue weighted by Gasteiger charge is 1.87. The molecule has 0 bridgehead atoms. The van der Waals surface area contributed by atoms with E-state index >= 15 is 0 Å². The van der Waals surface area contributed by atoms with Crippen molar-refractivity contribution in [2.75, 3.05) is 0 Å². The molecular formula is C8H9F. The van der Waals surface area contributed by atoms with E-state index in [-0.39, 0.29) is 5.56 Å². The number of benzene rings is 1. The molecule has 9 heavy (non-hydrogen) atoms. The van der Waals surface area contributed by atoms with Crippen molar-refractivity contribution in [3.8, 4) is 0 Å². The lowest BCUT2D eigenvalue weighted by Gasteiger charge is -1.92. The molecule has 0 N–H and O–H groups in total. The van der Waals surface area contributed by atoms with Crippen molar-refractivity contribution in [2.24, 2.45) is 0 Å². The lowest BCUT2D eigenvalue weighted by molar-refractivity contribution is 0.485. The number of alkyl halides is 1. The predicted molar refractivity (Wildman–Crippen MR) is 36.0 cm³/mol. The molecule has 48 valence electrons. The van der Waals surface area contributed by atoms with Crippen molar-refractivity contribution in [1.29, 1.82) is 0 Å². The average Bonchev–Trinajstić information content (AvgIpc) is 1.86. The number of rotatable bonds is 1. The van der Waals surface area contributed by atoms with Gasteiger partial charge in [0.15, 0.2) is 0 Å². The van der Waals surface area contributed by atoms with E-state index in [1.807, 2.05) is 6.92 Å². The molecule has 1 aromatic carbocycles. The summed E-state index contributed by atoms with van der Waals surface area (Å²) in [7, 11) is 0. The quantitative estimate of drug-likeness (QED) is 0.542. The Morgan fingerprint density at radius 2 is 2.00 bits per heavy atom. The van der Waals surface area contributed by atoms with Crippen molar-refractivity contribution in [1.82, 2.24) is 0 Å². The number of hydrogen-bond acceptors (Lipinski definition) is 0. The van der Waals surface area contributed by atoms with Crippen LogP contribution in [0, 0.1) is 6.92 Å². The van der Waals surface area contributed by atoms with Crippen LogP contribution in [0.2, 0.25) is 0 Å². The van der Waals surface area contributed by atoms with Crippen LogP contribution < -0.4 is 0 Å². The highest BCUT2D eigenvalue weighted by Crippen LogP contribution is 2.03. The van der Waals surface area contributed by atoms with Gasteiger partial charge in [0, 0.05) is 0 Å². The SMILES string of the molecule is [2H]C([2H])(F)c1ccc(C)cc1. The summed E-state index contributed by atoms with van der Waals surface area (Å²) in [5, 5.41) is 0. The van der Waals surface area contributed by atoms with Gasteiger partial charge in [-0.25, -0.2) is 4.39 Å². The third-order valence-corrected chi connectivity index (χ3v) is 1.16. The Morgan fingerprint density at radius 1 is 1.44 bits per heavy atom. The Labute approximate surface area is 57.1 Å². The topological polar surface area (TPSA) is 0 Å². The highest BCUT2D eigenvalue weighted by atomic mass is 19.1. The first kappa shape index (κ1) is 4.04. The summed E-state index contributed by atoms with van der Waals surface area (Å²) in [5.41, 5.74) is 1.07. The fourth-order valence-electron chi connectivity index (χ4n) is 0.617. The molecule has 0 amide bonds. The Balaban J connectivity index is 2.99. The van der Waals surface area contributed by atoms with Crippen molar-refractivity contribution in [3.63, 3.8) is 0 Å². The van der Waals surface area contributed by atoms with Gasteiger partial charge in [0.05, 0.1) is 2.74 Å². The fraction of sp³-hybridized carbons (Fsp3) is 0.250. The molecule has 1 heteroatoms. The summed E-state index contributed by atoms with van der Waals surface area (Å²) < 4.78 is 26.1. The lowest BCUT2D eigenvalue weighted by atomic mass is 10.2. The van der Waals surface area contributed by atoms with Crippen LogP contribution in [0.15, 0.2) is 24.3 Å². The monoisotopic (exact) mass is 126 g/mol. The van der Waals surface area contributed by atoms with E-state index in [2.05, 4.69) is 0 Å². The molecule has 0 radical (unpaired) electrons. The van der Waals surface area contributed by atoms with E-state index in [0.29, 0.717) is 0 Å². The minimum absolute atomic E-state index is 0.0723. The third-order valence-electron chi connectivity index (χ3n) is 1.16. The second-order valence-electron chi connectivity index (χ2n) is 1.96. The van der Waals surface area contributed by atoms with Gasteiger partial charge in [-0.15, -0.1) is 0 Å². The van der Waals surface area contributed by atoms with Crippen molar-refractivity contribution in [2.45, 2.75) is 13.6 Å². The van der Waals surface area contributed by atoms with Gasteiger partial charge in [0.1, 0.15) is 6.63 Å². The van der Waals surface area contributed by atoms with Gasteiger partial charge in [0.2, 0.25) is 0 Å². The van der Waals surface area contributed by atoms with Gasteiger partial charge in [-0.2, -0.15) is 0 Å². The van der Waals surface area contributed by atoms with Crippen LogP contribution in [-0.4, -0.2) is 0 Å². The molecule has 0 saturated carbocycles. The molecule has 0 aliphatic carbocycles. The molecule has 0 unspecified atom stereocenters. The summed E-state index contributed by atoms with van der Waals surface area (Å²) >= 11 is 0. The maximum absolute atomic E-state index is 12.6. The Hall–Kier alpha value is -0.850. The predicted octanol–water partition coefficient (Wildman–Crippen LogP) is 2.46. The molecule has 1 rings (SSSR count). The van der Waals surface area contributed by atoms with Crippen LogP contribution >= 0.6 is 0 Å². The Bertz CT molecular complexity index is 235. The van der Waals surface area contributed by atoms with Gasteiger partial charge in [-0.1, -0.05) is 29.8 Å². The van der Waals surface area contributed by atoms with Gasteiger partial charge >= 0.3 is 0 Å². The van der Waals surface area contributed by atoms with E-state index in [0.717, 1.165) is 5.56 Å². The minimum Gasteiger partial charge on any atom is -0.246 e. The van der Waals surface area contributed by atoms with E-state index in [1.54, 1.807) is 12.1 Å².